The summed E-state index contributed by atoms with van der Waals surface area (Å²) in [4.78, 5) is 98.9. The summed E-state index contributed by atoms with van der Waals surface area (Å²) >= 11 is 6.20. The third-order valence-electron chi connectivity index (χ3n) is 10.6. The molecule has 0 bridgehead atoms. The monoisotopic (exact) mass is 901 g/mol. The van der Waals surface area contributed by atoms with Crippen molar-refractivity contribution in [3.8, 4) is 0 Å². The molecule has 5 amide bonds. The number of carboxylic acid groups (broad SMARTS) is 2. The first-order chi connectivity index (χ1) is 28.5. The van der Waals surface area contributed by atoms with Gasteiger partial charge >= 0.3 is 24.7 Å². The molecule has 2 aromatic rings. The number of ether oxygens (including phenoxy) is 1. The summed E-state index contributed by atoms with van der Waals surface area (Å²) in [5.41, 5.74) is 6.59. The van der Waals surface area contributed by atoms with E-state index in [1.807, 2.05) is 6.92 Å². The maximum atomic E-state index is 13.2. The minimum atomic E-state index is -3.90. The van der Waals surface area contributed by atoms with E-state index in [0.717, 1.165) is 11.8 Å². The number of aliphatic hydroxyl groups excluding tert-OH is 1. The maximum absolute atomic E-state index is 13.2. The number of aliphatic carboxylic acids is 2. The van der Waals surface area contributed by atoms with Crippen LogP contribution in [0.5, 0.6) is 0 Å². The summed E-state index contributed by atoms with van der Waals surface area (Å²) in [6.45, 7) is 0.0323. The number of nitrogen functional groups attached to an aromatic ring is 1. The molecule has 4 heterocycles. The van der Waals surface area contributed by atoms with Crippen molar-refractivity contribution in [2.75, 3.05) is 31.2 Å². The second-order valence-corrected chi connectivity index (χ2v) is 18.9. The van der Waals surface area contributed by atoms with E-state index in [1.165, 1.54) is 22.1 Å². The lowest BCUT2D eigenvalue weighted by Crippen LogP contribution is -2.52. The van der Waals surface area contributed by atoms with Crippen molar-refractivity contribution >= 4 is 83.0 Å². The number of nitrogens with two attached hydrogens (primary N) is 1. The van der Waals surface area contributed by atoms with Crippen LogP contribution in [-0.2, 0) is 49.6 Å². The summed E-state index contributed by atoms with van der Waals surface area (Å²) in [7, 11) is 0. The van der Waals surface area contributed by atoms with E-state index in [0.29, 0.717) is 56.1 Å². The first-order valence-corrected chi connectivity index (χ1v) is 23.4. The number of nitrogens with one attached hydrogen (secondary N) is 3. The first-order valence-electron chi connectivity index (χ1n) is 19.7. The molecule has 0 aromatic carbocycles. The summed E-state index contributed by atoms with van der Waals surface area (Å²) in [5.74, 6) is -3.98. The molecule has 0 spiro atoms. The van der Waals surface area contributed by atoms with Crippen molar-refractivity contribution in [3.05, 3.63) is 12.7 Å². The van der Waals surface area contributed by atoms with Gasteiger partial charge in [-0.3, -0.25) is 28.4 Å². The second kappa shape index (κ2) is 21.2. The van der Waals surface area contributed by atoms with Crippen LogP contribution in [0.3, 0.4) is 0 Å². The van der Waals surface area contributed by atoms with Gasteiger partial charge in [0, 0.05) is 31.2 Å². The number of carbonyl (C=O) groups is 6. The van der Waals surface area contributed by atoms with Crippen LogP contribution < -0.4 is 21.7 Å². The fourth-order valence-corrected chi connectivity index (χ4v) is 10.0. The van der Waals surface area contributed by atoms with E-state index >= 15 is 0 Å². The third kappa shape index (κ3) is 11.9. The molecule has 1 aliphatic carbocycles. The van der Waals surface area contributed by atoms with Gasteiger partial charge in [0.1, 0.15) is 36.1 Å². The smallest absolute Gasteiger partial charge is 0.327 e. The fourth-order valence-electron chi connectivity index (χ4n) is 7.37. The predicted molar refractivity (Wildman–Crippen MR) is 217 cm³/mol. The minimum absolute atomic E-state index is 0.0230. The molecule has 3 fully saturated rings. The van der Waals surface area contributed by atoms with Gasteiger partial charge in [0.15, 0.2) is 17.7 Å². The number of imide groups is 1. The van der Waals surface area contributed by atoms with Gasteiger partial charge in [0.25, 0.3) is 0 Å². The van der Waals surface area contributed by atoms with Crippen molar-refractivity contribution in [2.45, 2.75) is 114 Å². The van der Waals surface area contributed by atoms with Crippen molar-refractivity contribution in [1.29, 1.82) is 0 Å². The molecule has 8 atom stereocenters. The van der Waals surface area contributed by atoms with Crippen LogP contribution in [0.2, 0.25) is 0 Å². The lowest BCUT2D eigenvalue weighted by atomic mass is 9.81. The van der Waals surface area contributed by atoms with Gasteiger partial charge in [0.2, 0.25) is 17.7 Å². The number of imidazole rings is 1. The van der Waals surface area contributed by atoms with Crippen LogP contribution in [0.4, 0.5) is 10.6 Å². The Hall–Kier alpha value is -4.03. The number of hydrogen-bond acceptors (Lipinski definition) is 16. The molecule has 332 valence electrons. The number of aromatic nitrogens is 4. The van der Waals surface area contributed by atoms with Crippen LogP contribution in [0.1, 0.15) is 77.9 Å². The normalized spacial score (nSPS) is 26.4. The largest absolute Gasteiger partial charge is 0.480 e. The van der Waals surface area contributed by atoms with E-state index < -0.39 is 72.5 Å². The van der Waals surface area contributed by atoms with Gasteiger partial charge in [-0.25, -0.2) is 29.3 Å². The van der Waals surface area contributed by atoms with Gasteiger partial charge in [0.05, 0.1) is 24.3 Å². The lowest BCUT2D eigenvalue weighted by Gasteiger charge is -2.30. The van der Waals surface area contributed by atoms with Crippen LogP contribution in [0.15, 0.2) is 12.7 Å². The average Bonchev–Trinajstić information content (AvgIpc) is 3.85. The minimum Gasteiger partial charge on any atom is -0.480 e. The highest BCUT2D eigenvalue weighted by Gasteiger charge is 2.48. The Bertz CT molecular complexity index is 1940. The van der Waals surface area contributed by atoms with Crippen molar-refractivity contribution in [3.63, 3.8) is 0 Å². The number of aliphatic hydroxyl groups is 1. The number of likely N-dealkylation sites (tertiary alicyclic amines) is 1. The lowest BCUT2D eigenvalue weighted by molar-refractivity contribution is -0.140. The summed E-state index contributed by atoms with van der Waals surface area (Å²) < 4.78 is 18.9. The van der Waals surface area contributed by atoms with E-state index in [9.17, 15) is 49.0 Å². The summed E-state index contributed by atoms with van der Waals surface area (Å²) in [5, 5.41) is 36.4. The molecule has 2 aliphatic heterocycles. The SMILES string of the molecule is CCCC(NC(=O)NC(CSC1CC(=O)N(CC2CCC(C(=O)NCCCOP(O)(=S)OC3[C@@H](O)[C@@H](CC)O[C@H]3n3cnc4c(N)ncnc43)CC2)C1=O)C(=O)O)C(=O)O. The molecule has 60 heavy (non-hydrogen) atoms. The zero-order chi connectivity index (χ0) is 43.7. The van der Waals surface area contributed by atoms with Gasteiger partial charge in [-0.1, -0.05) is 20.3 Å². The Kier molecular flexibility index (Phi) is 16.6. The Morgan fingerprint density at radius 1 is 1.08 bits per heavy atom. The Labute approximate surface area is 354 Å². The molecule has 0 radical (unpaired) electrons. The van der Waals surface area contributed by atoms with E-state index in [1.54, 1.807) is 6.92 Å². The molecule has 3 aliphatic rings. The molecular formula is C35H52N9O13PS2. The quantitative estimate of drug-likeness (QED) is 0.0490. The van der Waals surface area contributed by atoms with Crippen LogP contribution >= 0.6 is 18.5 Å². The molecule has 2 saturated heterocycles. The zero-order valence-corrected chi connectivity index (χ0v) is 35.6. The average molecular weight is 902 g/mol. The number of carbonyl (C=O) groups excluding carboxylic acids is 4. The Balaban J connectivity index is 1.00. The molecule has 22 nitrogen and oxygen atoms in total. The number of rotatable bonds is 21. The highest BCUT2D eigenvalue weighted by molar-refractivity contribution is 8.07. The zero-order valence-electron chi connectivity index (χ0n) is 33.1. The second-order valence-electron chi connectivity index (χ2n) is 14.8. The van der Waals surface area contributed by atoms with Gasteiger partial charge in [-0.05, 0) is 62.7 Å². The predicted octanol–water partition coefficient (Wildman–Crippen LogP) is 0.875. The number of anilines is 1. The highest BCUT2D eigenvalue weighted by Crippen LogP contribution is 2.50. The number of nitrogens with zero attached hydrogens (tertiary/aromatic N) is 5. The topological polar surface area (TPSA) is 320 Å². The molecule has 2 aromatic heterocycles. The van der Waals surface area contributed by atoms with E-state index in [4.69, 9.17) is 31.3 Å². The van der Waals surface area contributed by atoms with Crippen LogP contribution in [0.25, 0.3) is 11.2 Å². The Morgan fingerprint density at radius 2 is 1.78 bits per heavy atom. The number of thioether (sulfide) groups is 1. The van der Waals surface area contributed by atoms with E-state index in [2.05, 4.69) is 30.9 Å². The fraction of sp³-hybridized carbons (Fsp3) is 0.686. The highest BCUT2D eigenvalue weighted by atomic mass is 32.5. The van der Waals surface area contributed by atoms with Gasteiger partial charge in [-0.2, -0.15) is 0 Å². The summed E-state index contributed by atoms with van der Waals surface area (Å²) in [6.07, 6.45) is 2.37. The van der Waals surface area contributed by atoms with Crippen LogP contribution in [-0.4, -0.2) is 141 Å². The van der Waals surface area contributed by atoms with Crippen molar-refractivity contribution in [2.24, 2.45) is 11.8 Å². The number of urea groups is 1. The van der Waals surface area contributed by atoms with Crippen molar-refractivity contribution in [1.82, 2.24) is 40.4 Å². The molecule has 9 N–H and O–H groups in total. The number of amides is 5. The van der Waals surface area contributed by atoms with Gasteiger partial charge < -0.3 is 51.2 Å². The third-order valence-corrected chi connectivity index (χ3v) is 13.5. The Morgan fingerprint density at radius 3 is 2.45 bits per heavy atom. The number of fused-ring (bicyclic) bond motifs is 1. The number of hydrogen-bond donors (Lipinski definition) is 8. The number of carboxylic acids is 2. The molecule has 1 saturated carbocycles. The van der Waals surface area contributed by atoms with E-state index in [-0.39, 0.29) is 67.8 Å². The van der Waals surface area contributed by atoms with Crippen LogP contribution in [0, 0.1) is 11.8 Å². The maximum Gasteiger partial charge on any atom is 0.327 e. The first kappa shape index (κ1) is 47.0. The molecular weight excluding hydrogens is 850 g/mol. The van der Waals surface area contributed by atoms with Gasteiger partial charge in [-0.15, -0.1) is 11.8 Å². The molecule has 5 rings (SSSR count). The molecule has 25 heteroatoms. The standard InChI is InChI=1S/C35H52N9O13PS2/c1-3-6-20(33(49)50)41-35(53)42-21(34(51)52)15-60-23-13-24(45)43(31(23)48)14-18-7-9-19(10-8-18)30(47)37-11-5-12-55-58(54,59)57-27-26(46)22(4-2)56-32(27)44-17-40-25-28(36)38-16-39-29(25)44/h16-23,26-27,32,46H,3-15H2,1-2H3,(H,37,47)(H,49,50)(H,51,52)(H,54,59)(H2,36,38,39)(H2,41,42,53)/t18?,19?,20?,21?,22-,23?,26+,27?,32-,58?/m1/s1. The van der Waals surface area contributed by atoms with Crippen molar-refractivity contribution < 1.29 is 62.8 Å². The summed E-state index contributed by atoms with van der Waals surface area (Å²) in [6, 6.07) is -3.58. The molecule has 5 unspecified atom stereocenters.